The Hall–Kier alpha value is -2.49. The Labute approximate surface area is 150 Å². The maximum Gasteiger partial charge on any atom is 0.224 e. The van der Waals surface area contributed by atoms with E-state index >= 15 is 0 Å². The molecule has 1 N–H and O–H groups in total. The Kier molecular flexibility index (Phi) is 6.87. The lowest BCUT2D eigenvalue weighted by molar-refractivity contribution is -0.116. The van der Waals surface area contributed by atoms with Crippen LogP contribution in [0.25, 0.3) is 0 Å². The van der Waals surface area contributed by atoms with Crippen LogP contribution in [0.5, 0.6) is 11.5 Å². The smallest absolute Gasteiger partial charge is 0.224 e. The molecular formula is C21H27NO3. The summed E-state index contributed by atoms with van der Waals surface area (Å²) in [4.78, 5) is 12.4. The molecule has 0 heterocycles. The molecule has 0 saturated heterocycles. The molecular weight excluding hydrogens is 314 g/mol. The Bertz CT molecular complexity index is 725. The lowest BCUT2D eigenvalue weighted by atomic mass is 10.0. The largest absolute Gasteiger partial charge is 0.493 e. The lowest BCUT2D eigenvalue weighted by Gasteiger charge is -2.13. The summed E-state index contributed by atoms with van der Waals surface area (Å²) in [5, 5.41) is 3.07. The molecule has 0 saturated carbocycles. The molecule has 0 spiro atoms. The van der Waals surface area contributed by atoms with E-state index in [4.69, 9.17) is 9.47 Å². The van der Waals surface area contributed by atoms with Crippen LogP contribution in [0.3, 0.4) is 0 Å². The summed E-state index contributed by atoms with van der Waals surface area (Å²) >= 11 is 0. The van der Waals surface area contributed by atoms with Crippen LogP contribution in [-0.4, -0.2) is 19.6 Å². The Morgan fingerprint density at radius 1 is 1.12 bits per heavy atom. The second kappa shape index (κ2) is 9.11. The van der Waals surface area contributed by atoms with E-state index in [2.05, 4.69) is 18.3 Å². The van der Waals surface area contributed by atoms with Gasteiger partial charge in [-0.25, -0.2) is 0 Å². The Morgan fingerprint density at radius 2 is 1.92 bits per heavy atom. The molecule has 0 atom stereocenters. The number of carbonyl (C=O) groups excluding carboxylic acids is 1. The van der Waals surface area contributed by atoms with Gasteiger partial charge in [-0.1, -0.05) is 31.2 Å². The van der Waals surface area contributed by atoms with E-state index in [0.29, 0.717) is 25.2 Å². The van der Waals surface area contributed by atoms with Crippen molar-refractivity contribution in [2.75, 3.05) is 19.0 Å². The van der Waals surface area contributed by atoms with Gasteiger partial charge < -0.3 is 14.8 Å². The highest BCUT2D eigenvalue weighted by atomic mass is 16.5. The summed E-state index contributed by atoms with van der Waals surface area (Å²) in [6.45, 7) is 6.64. The zero-order chi connectivity index (χ0) is 18.2. The van der Waals surface area contributed by atoms with Crippen molar-refractivity contribution in [3.63, 3.8) is 0 Å². The second-order valence-electron chi connectivity index (χ2n) is 5.93. The normalized spacial score (nSPS) is 10.4. The molecule has 4 heteroatoms. The highest BCUT2D eigenvalue weighted by molar-refractivity contribution is 5.92. The predicted molar refractivity (Wildman–Crippen MR) is 102 cm³/mol. The molecule has 2 aromatic carbocycles. The fourth-order valence-corrected chi connectivity index (χ4v) is 2.80. The predicted octanol–water partition coefficient (Wildman–Crippen LogP) is 4.54. The molecule has 4 nitrogen and oxygen atoms in total. The SMILES string of the molecule is CCOc1ccc(CCC(=O)Nc2c(C)cccc2CC)cc1OC. The van der Waals surface area contributed by atoms with E-state index in [9.17, 15) is 4.79 Å². The zero-order valence-electron chi connectivity index (χ0n) is 15.5. The number of carbonyl (C=O) groups is 1. The van der Waals surface area contributed by atoms with Crippen LogP contribution in [0, 0.1) is 6.92 Å². The summed E-state index contributed by atoms with van der Waals surface area (Å²) in [7, 11) is 1.62. The fourth-order valence-electron chi connectivity index (χ4n) is 2.80. The summed E-state index contributed by atoms with van der Waals surface area (Å²) in [5.74, 6) is 1.45. The number of anilines is 1. The average molecular weight is 341 g/mol. The minimum atomic E-state index is 0.0249. The average Bonchev–Trinajstić information content (AvgIpc) is 2.62. The maximum absolute atomic E-state index is 12.4. The molecule has 1 amide bonds. The maximum atomic E-state index is 12.4. The first-order chi connectivity index (χ1) is 12.1. The Morgan fingerprint density at radius 3 is 2.60 bits per heavy atom. The number of nitrogens with one attached hydrogen (secondary N) is 1. The third-order valence-electron chi connectivity index (χ3n) is 4.17. The molecule has 0 fully saturated rings. The molecule has 2 aromatic rings. The summed E-state index contributed by atoms with van der Waals surface area (Å²) in [5.41, 5.74) is 4.25. The van der Waals surface area contributed by atoms with Crippen molar-refractivity contribution < 1.29 is 14.3 Å². The number of hydrogen-bond acceptors (Lipinski definition) is 3. The van der Waals surface area contributed by atoms with E-state index in [0.717, 1.165) is 34.5 Å². The standard InChI is InChI=1S/C21H27NO3/c1-5-17-9-7-8-15(3)21(17)22-20(23)13-11-16-10-12-18(25-6-2)19(14-16)24-4/h7-10,12,14H,5-6,11,13H2,1-4H3,(H,22,23). The van der Waals surface area contributed by atoms with Crippen molar-refractivity contribution in [2.24, 2.45) is 0 Å². The molecule has 0 radical (unpaired) electrons. The van der Waals surface area contributed by atoms with Gasteiger partial charge in [0, 0.05) is 12.1 Å². The van der Waals surface area contributed by atoms with Gasteiger partial charge in [0.2, 0.25) is 5.91 Å². The molecule has 0 unspecified atom stereocenters. The van der Waals surface area contributed by atoms with E-state index in [-0.39, 0.29) is 5.91 Å². The van der Waals surface area contributed by atoms with Crippen LogP contribution in [0.1, 0.15) is 37.0 Å². The quantitative estimate of drug-likeness (QED) is 0.767. The first-order valence-corrected chi connectivity index (χ1v) is 8.77. The molecule has 2 rings (SSSR count). The van der Waals surface area contributed by atoms with Crippen LogP contribution >= 0.6 is 0 Å². The first kappa shape index (κ1) is 18.8. The van der Waals surface area contributed by atoms with Gasteiger partial charge in [-0.2, -0.15) is 0 Å². The molecule has 0 bridgehead atoms. The molecule has 0 aliphatic rings. The van der Waals surface area contributed by atoms with Gasteiger partial charge >= 0.3 is 0 Å². The molecule has 134 valence electrons. The van der Waals surface area contributed by atoms with E-state index in [1.807, 2.05) is 44.2 Å². The number of aryl methyl sites for hydroxylation is 3. The summed E-state index contributed by atoms with van der Waals surface area (Å²) in [6.07, 6.45) is 1.98. The van der Waals surface area contributed by atoms with Crippen LogP contribution in [0.15, 0.2) is 36.4 Å². The third-order valence-corrected chi connectivity index (χ3v) is 4.17. The zero-order valence-corrected chi connectivity index (χ0v) is 15.5. The topological polar surface area (TPSA) is 47.6 Å². The lowest BCUT2D eigenvalue weighted by Crippen LogP contribution is -2.14. The molecule has 0 aliphatic heterocycles. The van der Waals surface area contributed by atoms with Crippen molar-refractivity contribution in [1.29, 1.82) is 0 Å². The minimum Gasteiger partial charge on any atom is -0.493 e. The number of rotatable bonds is 8. The van der Waals surface area contributed by atoms with Gasteiger partial charge in [0.15, 0.2) is 11.5 Å². The van der Waals surface area contributed by atoms with E-state index in [1.165, 1.54) is 0 Å². The number of hydrogen-bond donors (Lipinski definition) is 1. The van der Waals surface area contributed by atoms with E-state index in [1.54, 1.807) is 7.11 Å². The van der Waals surface area contributed by atoms with Crippen LogP contribution in [0.2, 0.25) is 0 Å². The van der Waals surface area contributed by atoms with Crippen molar-refractivity contribution >= 4 is 11.6 Å². The number of benzene rings is 2. The van der Waals surface area contributed by atoms with Gasteiger partial charge in [-0.05, 0) is 55.5 Å². The van der Waals surface area contributed by atoms with Crippen molar-refractivity contribution in [1.82, 2.24) is 0 Å². The fraction of sp³-hybridized carbons (Fsp3) is 0.381. The third kappa shape index (κ3) is 4.99. The van der Waals surface area contributed by atoms with Crippen LogP contribution in [-0.2, 0) is 17.6 Å². The van der Waals surface area contributed by atoms with Gasteiger partial charge in [-0.3, -0.25) is 4.79 Å². The number of amides is 1. The van der Waals surface area contributed by atoms with Crippen LogP contribution in [0.4, 0.5) is 5.69 Å². The molecule has 25 heavy (non-hydrogen) atoms. The minimum absolute atomic E-state index is 0.0249. The van der Waals surface area contributed by atoms with Gasteiger partial charge in [0.25, 0.3) is 0 Å². The monoisotopic (exact) mass is 341 g/mol. The number of methoxy groups -OCH3 is 1. The highest BCUT2D eigenvalue weighted by Crippen LogP contribution is 2.28. The van der Waals surface area contributed by atoms with Gasteiger partial charge in [0.1, 0.15) is 0 Å². The van der Waals surface area contributed by atoms with E-state index < -0.39 is 0 Å². The van der Waals surface area contributed by atoms with Gasteiger partial charge in [0.05, 0.1) is 13.7 Å². The number of para-hydroxylation sites is 1. The number of ether oxygens (including phenoxy) is 2. The highest BCUT2D eigenvalue weighted by Gasteiger charge is 2.10. The van der Waals surface area contributed by atoms with Crippen molar-refractivity contribution in [3.8, 4) is 11.5 Å². The second-order valence-corrected chi connectivity index (χ2v) is 5.93. The molecule has 0 aromatic heterocycles. The first-order valence-electron chi connectivity index (χ1n) is 8.77. The Balaban J connectivity index is 2.01. The van der Waals surface area contributed by atoms with Gasteiger partial charge in [-0.15, -0.1) is 0 Å². The summed E-state index contributed by atoms with van der Waals surface area (Å²) in [6, 6.07) is 11.9. The summed E-state index contributed by atoms with van der Waals surface area (Å²) < 4.78 is 10.9. The van der Waals surface area contributed by atoms with Crippen molar-refractivity contribution in [2.45, 2.75) is 40.0 Å². The van der Waals surface area contributed by atoms with Crippen molar-refractivity contribution in [3.05, 3.63) is 53.1 Å². The van der Waals surface area contributed by atoms with Crippen LogP contribution < -0.4 is 14.8 Å². The molecule has 0 aliphatic carbocycles.